The molecule has 2 aliphatic rings. The monoisotopic (exact) mass is 723 g/mol. The Morgan fingerprint density at radius 3 is 2.28 bits per heavy atom. The Hall–Kier alpha value is -4.92. The smallest absolute Gasteiger partial charge is 0.332 e. The molecule has 5 aromatic rings. The Morgan fingerprint density at radius 1 is 0.960 bits per heavy atom. The number of carboxylic acids is 1. The minimum Gasteiger partial charge on any atom is -0.481 e. The van der Waals surface area contributed by atoms with E-state index < -0.39 is 29.5 Å². The van der Waals surface area contributed by atoms with Crippen LogP contribution in [0.15, 0.2) is 58.1 Å². The summed E-state index contributed by atoms with van der Waals surface area (Å²) in [6.45, 7) is 2.00. The normalized spacial score (nSPS) is 18.4. The van der Waals surface area contributed by atoms with E-state index in [-0.39, 0.29) is 45.3 Å². The molecule has 3 aromatic heterocycles. The fourth-order valence-corrected chi connectivity index (χ4v) is 7.43. The summed E-state index contributed by atoms with van der Waals surface area (Å²) in [6, 6.07) is 14.1. The second kappa shape index (κ2) is 12.8. The van der Waals surface area contributed by atoms with Crippen LogP contribution in [0.2, 0.25) is 10.0 Å². The molecule has 12 nitrogen and oxygen atoms in total. The number of hydrogen-bond acceptors (Lipinski definition) is 9. The number of halogens is 4. The lowest BCUT2D eigenvalue weighted by Gasteiger charge is -2.20. The number of anilines is 2. The number of benzene rings is 2. The number of nitrogens with zero attached hydrogens (tertiary/aromatic N) is 6. The van der Waals surface area contributed by atoms with E-state index in [1.807, 2.05) is 18.2 Å². The van der Waals surface area contributed by atoms with Gasteiger partial charge in [0.15, 0.2) is 11.5 Å². The third-order valence-electron chi connectivity index (χ3n) is 9.41. The predicted octanol–water partition coefficient (Wildman–Crippen LogP) is 5.52. The van der Waals surface area contributed by atoms with E-state index in [4.69, 9.17) is 32.9 Å². The highest BCUT2D eigenvalue weighted by atomic mass is 35.5. The molecule has 1 saturated carbocycles. The fraction of sp³-hybridized carbons (Fsp3) is 0.294. The molecule has 2 unspecified atom stereocenters. The van der Waals surface area contributed by atoms with Crippen LogP contribution in [0.3, 0.4) is 0 Å². The van der Waals surface area contributed by atoms with Crippen molar-refractivity contribution in [1.29, 1.82) is 0 Å². The van der Waals surface area contributed by atoms with Gasteiger partial charge in [-0.25, -0.2) is 28.5 Å². The summed E-state index contributed by atoms with van der Waals surface area (Å²) in [6.07, 6.45) is -3.08. The highest BCUT2D eigenvalue weighted by Crippen LogP contribution is 2.52. The number of fused-ring (bicyclic) bond motifs is 2. The first-order valence-electron chi connectivity index (χ1n) is 15.5. The third-order valence-corrected chi connectivity index (χ3v) is 10.2. The van der Waals surface area contributed by atoms with Crippen LogP contribution in [-0.4, -0.2) is 60.3 Å². The number of carbonyl (C=O) groups is 1. The molecular weight excluding hydrogens is 695 g/mol. The Kier molecular flexibility index (Phi) is 8.57. The summed E-state index contributed by atoms with van der Waals surface area (Å²) in [5.41, 5.74) is 1.52. The average molecular weight is 725 g/mol. The van der Waals surface area contributed by atoms with Crippen LogP contribution in [0.1, 0.15) is 17.8 Å². The standard InChI is InChI=1S/C34H29Cl2F2N7O5/c1-43-30-24(32(46)44(2)34(43)49)28(41-29(42-30)27(37)38)39-22-9-5-7-17(26(22)36)16-6-4-8-18(25(16)35)21-11-10-15(31(40-21)50-3)12-45-13-19-20(14-45)23(19)33(47)48/h4-11,19-20,23,27H,12-14H2,1-3H3,(H,47,48)(H,39,41,42). The SMILES string of the molecule is COc1nc(-c2cccc(-c3cccc(Nc4nc(C(F)F)nc5c4c(=O)n(C)c(=O)n5C)c3Cl)c2Cl)ccc1CN1CC2C(C1)C2C(=O)O. The van der Waals surface area contributed by atoms with E-state index in [0.29, 0.717) is 52.9 Å². The van der Waals surface area contributed by atoms with Gasteiger partial charge in [-0.15, -0.1) is 0 Å². The summed E-state index contributed by atoms with van der Waals surface area (Å²) in [5, 5.41) is 12.6. The van der Waals surface area contributed by atoms with Gasteiger partial charge in [-0.3, -0.25) is 23.6 Å². The molecule has 2 N–H and O–H groups in total. The van der Waals surface area contributed by atoms with Gasteiger partial charge in [-0.05, 0) is 24.0 Å². The van der Waals surface area contributed by atoms with Crippen molar-refractivity contribution in [1.82, 2.24) is 29.0 Å². The van der Waals surface area contributed by atoms with E-state index in [1.165, 1.54) is 21.2 Å². The number of aryl methyl sites for hydroxylation is 1. The number of nitrogens with one attached hydrogen (secondary N) is 1. The molecule has 2 fully saturated rings. The molecule has 0 bridgehead atoms. The van der Waals surface area contributed by atoms with Gasteiger partial charge in [0.05, 0.1) is 34.5 Å². The van der Waals surface area contributed by atoms with E-state index >= 15 is 0 Å². The Bertz CT molecular complexity index is 2320. The first-order valence-corrected chi connectivity index (χ1v) is 16.2. The molecule has 1 aliphatic carbocycles. The summed E-state index contributed by atoms with van der Waals surface area (Å²) in [4.78, 5) is 51.7. The Balaban J connectivity index is 1.21. The second-order valence-electron chi connectivity index (χ2n) is 12.3. The van der Waals surface area contributed by atoms with Gasteiger partial charge >= 0.3 is 11.7 Å². The van der Waals surface area contributed by atoms with Crippen molar-refractivity contribution in [2.75, 3.05) is 25.5 Å². The van der Waals surface area contributed by atoms with Gasteiger partial charge < -0.3 is 15.2 Å². The zero-order chi connectivity index (χ0) is 35.6. The van der Waals surface area contributed by atoms with Crippen molar-refractivity contribution in [2.24, 2.45) is 31.8 Å². The number of ether oxygens (including phenoxy) is 1. The molecule has 16 heteroatoms. The topological polar surface area (TPSA) is 144 Å². The molecule has 4 heterocycles. The first kappa shape index (κ1) is 33.6. The number of piperidine rings is 1. The average Bonchev–Trinajstić information content (AvgIpc) is 3.62. The van der Waals surface area contributed by atoms with Crippen LogP contribution in [0.25, 0.3) is 33.4 Å². The van der Waals surface area contributed by atoms with Crippen LogP contribution in [0.5, 0.6) is 5.88 Å². The lowest BCUT2D eigenvalue weighted by Crippen LogP contribution is -2.38. The largest absolute Gasteiger partial charge is 0.481 e. The maximum Gasteiger partial charge on any atom is 0.332 e. The van der Waals surface area contributed by atoms with Crippen LogP contribution in [-0.2, 0) is 25.4 Å². The Labute approximate surface area is 292 Å². The molecule has 2 atom stereocenters. The summed E-state index contributed by atoms with van der Waals surface area (Å²) < 4.78 is 35.1. The van der Waals surface area contributed by atoms with Crippen molar-refractivity contribution in [3.8, 4) is 28.3 Å². The predicted molar refractivity (Wildman–Crippen MR) is 183 cm³/mol. The number of rotatable bonds is 9. The quantitative estimate of drug-likeness (QED) is 0.200. The van der Waals surface area contributed by atoms with Gasteiger partial charge in [0, 0.05) is 56.0 Å². The number of aromatic nitrogens is 5. The maximum absolute atomic E-state index is 13.8. The van der Waals surface area contributed by atoms with E-state index in [0.717, 1.165) is 14.7 Å². The fourth-order valence-electron chi connectivity index (χ4n) is 6.83. The van der Waals surface area contributed by atoms with Crippen LogP contribution >= 0.6 is 23.2 Å². The number of alkyl halides is 2. The molecule has 0 spiro atoms. The molecule has 2 aromatic carbocycles. The van der Waals surface area contributed by atoms with Crippen molar-refractivity contribution < 1.29 is 23.4 Å². The third kappa shape index (κ3) is 5.66. The van der Waals surface area contributed by atoms with Crippen LogP contribution in [0, 0.1) is 17.8 Å². The van der Waals surface area contributed by atoms with Crippen molar-refractivity contribution in [3.05, 3.63) is 90.8 Å². The zero-order valence-corrected chi connectivity index (χ0v) is 28.3. The number of pyridine rings is 1. The molecule has 1 saturated heterocycles. The van der Waals surface area contributed by atoms with Gasteiger partial charge in [0.2, 0.25) is 5.88 Å². The second-order valence-corrected chi connectivity index (χ2v) is 13.1. The molecule has 0 amide bonds. The van der Waals surface area contributed by atoms with E-state index in [2.05, 4.69) is 20.2 Å². The lowest BCUT2D eigenvalue weighted by atomic mass is 10.00. The number of hydrogen-bond donors (Lipinski definition) is 2. The summed E-state index contributed by atoms with van der Waals surface area (Å²) in [5.74, 6) is -1.29. The number of aliphatic carboxylic acids is 1. The highest BCUT2D eigenvalue weighted by molar-refractivity contribution is 6.39. The molecule has 0 radical (unpaired) electrons. The molecule has 1 aliphatic heterocycles. The number of methoxy groups -OCH3 is 1. The van der Waals surface area contributed by atoms with Crippen LogP contribution < -0.4 is 21.3 Å². The van der Waals surface area contributed by atoms with Crippen molar-refractivity contribution in [2.45, 2.75) is 13.0 Å². The van der Waals surface area contributed by atoms with E-state index in [1.54, 1.807) is 30.3 Å². The van der Waals surface area contributed by atoms with Crippen LogP contribution in [0.4, 0.5) is 20.3 Å². The summed E-state index contributed by atoms with van der Waals surface area (Å²) >= 11 is 13.9. The minimum absolute atomic E-state index is 0.160. The molecule has 258 valence electrons. The minimum atomic E-state index is -3.08. The number of likely N-dealkylation sites (tertiary alicyclic amines) is 1. The summed E-state index contributed by atoms with van der Waals surface area (Å²) in [7, 11) is 4.13. The maximum atomic E-state index is 13.8. The molecule has 50 heavy (non-hydrogen) atoms. The van der Waals surface area contributed by atoms with E-state index in [9.17, 15) is 28.3 Å². The van der Waals surface area contributed by atoms with Gasteiger partial charge in [-0.1, -0.05) is 59.6 Å². The molecular formula is C34H29Cl2F2N7O5. The lowest BCUT2D eigenvalue weighted by molar-refractivity contribution is -0.139. The highest BCUT2D eigenvalue weighted by Gasteiger charge is 2.59. The van der Waals surface area contributed by atoms with Crippen molar-refractivity contribution in [3.63, 3.8) is 0 Å². The molecule has 7 rings (SSSR count). The van der Waals surface area contributed by atoms with Crippen molar-refractivity contribution >= 4 is 51.7 Å². The number of carboxylic acid groups (broad SMARTS) is 1. The van der Waals surface area contributed by atoms with Gasteiger partial charge in [0.25, 0.3) is 12.0 Å². The van der Waals surface area contributed by atoms with Gasteiger partial charge in [-0.2, -0.15) is 0 Å². The Morgan fingerprint density at radius 2 is 1.62 bits per heavy atom. The zero-order valence-electron chi connectivity index (χ0n) is 26.8. The first-order chi connectivity index (χ1) is 23.9. The van der Waals surface area contributed by atoms with Gasteiger partial charge in [0.1, 0.15) is 11.2 Å².